The first-order valence-electron chi connectivity index (χ1n) is 10.4. The van der Waals surface area contributed by atoms with Crippen molar-refractivity contribution < 1.29 is 4.57 Å². The van der Waals surface area contributed by atoms with Crippen LogP contribution in [0.1, 0.15) is 5.56 Å². The van der Waals surface area contributed by atoms with Crippen LogP contribution in [0.5, 0.6) is 0 Å². The highest BCUT2D eigenvalue weighted by Crippen LogP contribution is 2.38. The summed E-state index contributed by atoms with van der Waals surface area (Å²) in [5.74, 6) is 1.19. The molecule has 0 bridgehead atoms. The Balaban J connectivity index is 1.73. The summed E-state index contributed by atoms with van der Waals surface area (Å²) in [4.78, 5) is 8.85. The van der Waals surface area contributed by atoms with Crippen LogP contribution in [0, 0.1) is 0 Å². The van der Waals surface area contributed by atoms with Gasteiger partial charge in [-0.25, -0.2) is 13.7 Å². The average molecular weight is 400 g/mol. The number of aromatic nitrogens is 5. The van der Waals surface area contributed by atoms with Crippen molar-refractivity contribution in [1.29, 1.82) is 0 Å². The smallest absolute Gasteiger partial charge is 0.264 e. The molecule has 0 amide bonds. The van der Waals surface area contributed by atoms with Gasteiger partial charge in [0, 0.05) is 24.2 Å². The monoisotopic (exact) mass is 400 g/mol. The van der Waals surface area contributed by atoms with E-state index in [1.54, 1.807) is 0 Å². The molecule has 1 aliphatic heterocycles. The summed E-state index contributed by atoms with van der Waals surface area (Å²) in [6, 6.07) is 25.4. The Morgan fingerprint density at radius 2 is 1.39 bits per heavy atom. The van der Waals surface area contributed by atoms with E-state index >= 15 is 0 Å². The van der Waals surface area contributed by atoms with E-state index in [1.165, 1.54) is 33.5 Å². The van der Waals surface area contributed by atoms with Crippen LogP contribution in [0.15, 0.2) is 97.6 Å². The average Bonchev–Trinajstić information content (AvgIpc) is 3.47. The summed E-state index contributed by atoms with van der Waals surface area (Å²) in [5, 5.41) is 1.19. The molecule has 0 radical (unpaired) electrons. The van der Waals surface area contributed by atoms with Gasteiger partial charge < -0.3 is 0 Å². The molecule has 0 unspecified atom stereocenters. The lowest BCUT2D eigenvalue weighted by Gasteiger charge is -2.04. The minimum atomic E-state index is 0.797. The third kappa shape index (κ3) is 2.17. The van der Waals surface area contributed by atoms with Crippen LogP contribution in [0.25, 0.3) is 44.8 Å². The molecule has 0 saturated carbocycles. The molecule has 5 nitrogen and oxygen atoms in total. The second kappa shape index (κ2) is 6.12. The first-order valence-corrected chi connectivity index (χ1v) is 10.4. The van der Waals surface area contributed by atoms with Crippen LogP contribution in [-0.4, -0.2) is 19.1 Å². The summed E-state index contributed by atoms with van der Waals surface area (Å²) in [7, 11) is 0. The van der Waals surface area contributed by atoms with Gasteiger partial charge >= 0.3 is 0 Å². The standard InChI is InChI=1S/C26H18N5/c1-3-7-19(8-4-1)30-23-16-28-14-12-22(23)24-26(30)29-17-18-15-27-13-11-21(18)25(29)31(24)20-9-5-2-6-10-20/h1-16H,17H2/q+1. The van der Waals surface area contributed by atoms with Crippen molar-refractivity contribution >= 4 is 22.1 Å². The topological polar surface area (TPSA) is 39.5 Å². The molecular weight excluding hydrogens is 382 g/mol. The van der Waals surface area contributed by atoms with Crippen molar-refractivity contribution in [3.8, 4) is 22.8 Å². The number of hydrogen-bond donors (Lipinski definition) is 0. The lowest BCUT2D eigenvalue weighted by molar-refractivity contribution is -0.648. The third-order valence-corrected chi connectivity index (χ3v) is 6.17. The maximum atomic E-state index is 4.46. The molecular formula is C26H18N5+. The summed E-state index contributed by atoms with van der Waals surface area (Å²) in [6.07, 6.45) is 7.72. The van der Waals surface area contributed by atoms with E-state index in [-0.39, 0.29) is 0 Å². The lowest BCUT2D eigenvalue weighted by Crippen LogP contribution is -2.33. The van der Waals surface area contributed by atoms with Crippen molar-refractivity contribution in [2.24, 2.45) is 0 Å². The van der Waals surface area contributed by atoms with E-state index in [2.05, 4.69) is 96.5 Å². The number of imidazole rings is 1. The fourth-order valence-corrected chi connectivity index (χ4v) is 4.93. The van der Waals surface area contributed by atoms with Gasteiger partial charge in [0.25, 0.3) is 5.65 Å². The summed E-state index contributed by atoms with van der Waals surface area (Å²) < 4.78 is 7.14. The largest absolute Gasteiger partial charge is 0.275 e. The van der Waals surface area contributed by atoms with E-state index in [0.29, 0.717) is 0 Å². The number of para-hydroxylation sites is 2. The molecule has 0 fully saturated rings. The molecule has 0 atom stereocenters. The molecule has 0 N–H and O–H groups in total. The van der Waals surface area contributed by atoms with Gasteiger partial charge in [-0.3, -0.25) is 9.97 Å². The maximum Gasteiger partial charge on any atom is 0.275 e. The molecule has 0 aliphatic carbocycles. The zero-order chi connectivity index (χ0) is 20.4. The quantitative estimate of drug-likeness (QED) is 0.395. The van der Waals surface area contributed by atoms with E-state index in [0.717, 1.165) is 23.4 Å². The van der Waals surface area contributed by atoms with Crippen molar-refractivity contribution in [1.82, 2.24) is 19.1 Å². The van der Waals surface area contributed by atoms with Gasteiger partial charge in [-0.05, 0) is 36.4 Å². The maximum absolute atomic E-state index is 4.46. The van der Waals surface area contributed by atoms with Crippen LogP contribution in [-0.2, 0) is 6.54 Å². The summed E-state index contributed by atoms with van der Waals surface area (Å²) in [6.45, 7) is 0.797. The van der Waals surface area contributed by atoms with Gasteiger partial charge in [0.15, 0.2) is 5.52 Å². The number of fused-ring (bicyclic) bond motifs is 7. The van der Waals surface area contributed by atoms with Crippen LogP contribution in [0.2, 0.25) is 0 Å². The number of rotatable bonds is 2. The van der Waals surface area contributed by atoms with Gasteiger partial charge in [-0.1, -0.05) is 36.4 Å². The van der Waals surface area contributed by atoms with Gasteiger partial charge in [0.2, 0.25) is 5.82 Å². The molecule has 7 rings (SSSR count). The molecule has 5 heteroatoms. The highest BCUT2D eigenvalue weighted by Gasteiger charge is 2.37. The molecule has 6 aromatic rings. The highest BCUT2D eigenvalue weighted by atomic mass is 15.3. The Morgan fingerprint density at radius 3 is 2.16 bits per heavy atom. The Kier molecular flexibility index (Phi) is 3.27. The van der Waals surface area contributed by atoms with Crippen LogP contribution in [0.3, 0.4) is 0 Å². The predicted octanol–water partition coefficient (Wildman–Crippen LogP) is 4.68. The minimum Gasteiger partial charge on any atom is -0.264 e. The molecule has 0 spiro atoms. The zero-order valence-corrected chi connectivity index (χ0v) is 16.7. The second-order valence-electron chi connectivity index (χ2n) is 7.85. The fourth-order valence-electron chi connectivity index (χ4n) is 4.93. The molecule has 5 heterocycles. The first-order chi connectivity index (χ1) is 15.4. The number of nitrogens with zero attached hydrogens (tertiary/aromatic N) is 5. The molecule has 1 aliphatic rings. The van der Waals surface area contributed by atoms with Crippen LogP contribution in [0.4, 0.5) is 0 Å². The molecule has 146 valence electrons. The van der Waals surface area contributed by atoms with Gasteiger partial charge in [-0.2, -0.15) is 0 Å². The van der Waals surface area contributed by atoms with Crippen molar-refractivity contribution in [2.45, 2.75) is 6.54 Å². The second-order valence-corrected chi connectivity index (χ2v) is 7.85. The zero-order valence-electron chi connectivity index (χ0n) is 16.7. The molecule has 0 saturated heterocycles. The third-order valence-electron chi connectivity index (χ3n) is 6.17. The lowest BCUT2D eigenvalue weighted by atomic mass is 10.1. The van der Waals surface area contributed by atoms with Crippen molar-refractivity contribution in [2.75, 3.05) is 0 Å². The molecule has 31 heavy (non-hydrogen) atoms. The minimum absolute atomic E-state index is 0.797. The first kappa shape index (κ1) is 16.5. The van der Waals surface area contributed by atoms with Crippen LogP contribution < -0.4 is 4.57 Å². The van der Waals surface area contributed by atoms with E-state index in [1.807, 2.05) is 24.8 Å². The van der Waals surface area contributed by atoms with E-state index < -0.39 is 0 Å². The Labute approximate surface area is 178 Å². The number of benzene rings is 2. The SMILES string of the molecule is c1ccc(-n2c3[n+](c4c2c2ccncc2n4-c2ccccc2)Cc2cnccc2-3)cc1. The fraction of sp³-hybridized carbons (Fsp3) is 0.0385. The van der Waals surface area contributed by atoms with Gasteiger partial charge in [0.1, 0.15) is 16.9 Å². The molecule has 2 aromatic carbocycles. The van der Waals surface area contributed by atoms with Gasteiger partial charge in [0.05, 0.1) is 23.7 Å². The number of hydrogen-bond acceptors (Lipinski definition) is 2. The highest BCUT2D eigenvalue weighted by molar-refractivity contribution is 6.06. The summed E-state index contributed by atoms with van der Waals surface area (Å²) >= 11 is 0. The Hall–Kier alpha value is -4.25. The molecule has 4 aromatic heterocycles. The van der Waals surface area contributed by atoms with E-state index in [4.69, 9.17) is 0 Å². The number of pyridine rings is 2. The van der Waals surface area contributed by atoms with E-state index in [9.17, 15) is 0 Å². The van der Waals surface area contributed by atoms with Crippen molar-refractivity contribution in [3.63, 3.8) is 0 Å². The normalized spacial score (nSPS) is 12.4. The summed E-state index contributed by atoms with van der Waals surface area (Å²) in [5.41, 5.74) is 8.23. The Morgan fingerprint density at radius 1 is 0.710 bits per heavy atom. The van der Waals surface area contributed by atoms with Gasteiger partial charge in [-0.15, -0.1) is 0 Å². The predicted molar refractivity (Wildman–Crippen MR) is 120 cm³/mol. The van der Waals surface area contributed by atoms with Crippen LogP contribution >= 0.6 is 0 Å². The Bertz CT molecular complexity index is 1590. The van der Waals surface area contributed by atoms with Crippen molar-refractivity contribution in [3.05, 3.63) is 103 Å².